The molecule has 0 spiro atoms. The lowest BCUT2D eigenvalue weighted by molar-refractivity contribution is 0.986. The van der Waals surface area contributed by atoms with Gasteiger partial charge in [0, 0.05) is 5.33 Å². The van der Waals surface area contributed by atoms with E-state index in [-0.39, 0.29) is 0 Å². The Morgan fingerprint density at radius 2 is 2.15 bits per heavy atom. The molecule has 0 unspecified atom stereocenters. The molecule has 0 aliphatic heterocycles. The third kappa shape index (κ3) is 2.02. The summed E-state index contributed by atoms with van der Waals surface area (Å²) in [7, 11) is 0. The first-order valence-electron chi connectivity index (χ1n) is 4.74. The molecule has 1 aromatic rings. The number of halogens is 1. The summed E-state index contributed by atoms with van der Waals surface area (Å²) in [5.74, 6) is 0. The molecule has 0 bridgehead atoms. The highest BCUT2D eigenvalue weighted by molar-refractivity contribution is 9.09. The van der Waals surface area contributed by atoms with Gasteiger partial charge in [-0.15, -0.1) is 0 Å². The number of alkyl halides is 1. The molecule has 0 radical (unpaired) electrons. The Hall–Kier alpha value is -0.560. The largest absolute Gasteiger partial charge is 0.0924 e. The molecule has 1 aromatic carbocycles. The van der Waals surface area contributed by atoms with Crippen molar-refractivity contribution in [1.82, 2.24) is 0 Å². The maximum Gasteiger partial charge on any atom is 0.00718 e. The van der Waals surface area contributed by atoms with Gasteiger partial charge in [-0.05, 0) is 36.0 Å². The molecular weight excluding hydrogens is 224 g/mol. The van der Waals surface area contributed by atoms with Gasteiger partial charge in [0.05, 0.1) is 0 Å². The van der Waals surface area contributed by atoms with E-state index in [2.05, 4.69) is 46.3 Å². The van der Waals surface area contributed by atoms with Crippen LogP contribution in [-0.4, -0.2) is 5.33 Å². The van der Waals surface area contributed by atoms with Crippen LogP contribution >= 0.6 is 15.9 Å². The zero-order valence-electron chi connectivity index (χ0n) is 7.59. The molecule has 13 heavy (non-hydrogen) atoms. The lowest BCUT2D eigenvalue weighted by atomic mass is 9.91. The Kier molecular flexibility index (Phi) is 2.84. The van der Waals surface area contributed by atoms with Crippen LogP contribution in [-0.2, 0) is 6.42 Å². The molecule has 0 saturated carbocycles. The molecule has 0 saturated heterocycles. The van der Waals surface area contributed by atoms with Gasteiger partial charge in [0.2, 0.25) is 0 Å². The van der Waals surface area contributed by atoms with Gasteiger partial charge in [0.1, 0.15) is 0 Å². The number of hydrogen-bond donors (Lipinski definition) is 0. The Morgan fingerprint density at radius 3 is 2.77 bits per heavy atom. The molecule has 0 N–H and O–H groups in total. The van der Waals surface area contributed by atoms with Crippen LogP contribution in [0.4, 0.5) is 0 Å². The van der Waals surface area contributed by atoms with Gasteiger partial charge in [0.25, 0.3) is 0 Å². The maximum absolute atomic E-state index is 3.46. The molecule has 0 fully saturated rings. The quantitative estimate of drug-likeness (QED) is 0.701. The molecule has 1 aliphatic rings. The molecule has 0 aromatic heterocycles. The van der Waals surface area contributed by atoms with Gasteiger partial charge in [0.15, 0.2) is 0 Å². The maximum atomic E-state index is 3.46. The zero-order valence-corrected chi connectivity index (χ0v) is 9.18. The second-order valence-corrected chi connectivity index (χ2v) is 4.20. The smallest absolute Gasteiger partial charge is 0.00718 e. The average molecular weight is 237 g/mol. The van der Waals surface area contributed by atoms with E-state index < -0.39 is 0 Å². The first-order valence-corrected chi connectivity index (χ1v) is 5.86. The summed E-state index contributed by atoms with van der Waals surface area (Å²) in [6.07, 6.45) is 5.98. The Bertz CT molecular complexity index is 326. The second kappa shape index (κ2) is 4.10. The first-order chi connectivity index (χ1) is 6.40. The minimum atomic E-state index is 1.05. The fourth-order valence-corrected chi connectivity index (χ4v) is 2.04. The van der Waals surface area contributed by atoms with E-state index in [0.717, 1.165) is 11.8 Å². The SMILES string of the molecule is BrCCc1cccc(C2=CCC2)c1. The van der Waals surface area contributed by atoms with E-state index in [1.54, 1.807) is 0 Å². The van der Waals surface area contributed by atoms with Crippen LogP contribution in [0.15, 0.2) is 30.3 Å². The van der Waals surface area contributed by atoms with Crippen LogP contribution in [0.3, 0.4) is 0 Å². The highest BCUT2D eigenvalue weighted by Gasteiger charge is 2.07. The number of benzene rings is 1. The van der Waals surface area contributed by atoms with Crippen LogP contribution in [0, 0.1) is 0 Å². The van der Waals surface area contributed by atoms with Crippen LogP contribution in [0.2, 0.25) is 0 Å². The summed E-state index contributed by atoms with van der Waals surface area (Å²) in [6.45, 7) is 0. The number of aryl methyl sites for hydroxylation is 1. The molecule has 0 nitrogen and oxygen atoms in total. The van der Waals surface area contributed by atoms with E-state index in [1.165, 1.54) is 29.5 Å². The van der Waals surface area contributed by atoms with Crippen molar-refractivity contribution in [2.75, 3.05) is 5.33 Å². The molecule has 1 aliphatic carbocycles. The van der Waals surface area contributed by atoms with Gasteiger partial charge < -0.3 is 0 Å². The summed E-state index contributed by atoms with van der Waals surface area (Å²) >= 11 is 3.46. The van der Waals surface area contributed by atoms with E-state index in [4.69, 9.17) is 0 Å². The van der Waals surface area contributed by atoms with Crippen molar-refractivity contribution in [3.63, 3.8) is 0 Å². The fourth-order valence-electron chi connectivity index (χ4n) is 1.59. The highest BCUT2D eigenvalue weighted by atomic mass is 79.9. The molecule has 68 valence electrons. The predicted octanol–water partition coefficient (Wildman–Crippen LogP) is 3.80. The standard InChI is InChI=1S/C12H13Br/c13-8-7-10-3-1-6-12(9-10)11-4-2-5-11/h1,3-4,6,9H,2,5,7-8H2. The van der Waals surface area contributed by atoms with Crippen molar-refractivity contribution >= 4 is 21.5 Å². The van der Waals surface area contributed by atoms with Crippen LogP contribution in [0.1, 0.15) is 24.0 Å². The number of rotatable bonds is 3. The summed E-state index contributed by atoms with van der Waals surface area (Å²) in [5.41, 5.74) is 4.38. The molecule has 1 heteroatoms. The van der Waals surface area contributed by atoms with Crippen LogP contribution in [0.5, 0.6) is 0 Å². The first kappa shape index (κ1) is 9.01. The van der Waals surface area contributed by atoms with Crippen molar-refractivity contribution in [3.05, 3.63) is 41.5 Å². The van der Waals surface area contributed by atoms with Gasteiger partial charge in [-0.2, -0.15) is 0 Å². The van der Waals surface area contributed by atoms with Crippen LogP contribution < -0.4 is 0 Å². The summed E-state index contributed by atoms with van der Waals surface area (Å²) in [5, 5.41) is 1.05. The topological polar surface area (TPSA) is 0 Å². The van der Waals surface area contributed by atoms with Gasteiger partial charge >= 0.3 is 0 Å². The van der Waals surface area contributed by atoms with Crippen molar-refractivity contribution in [3.8, 4) is 0 Å². The third-order valence-electron chi connectivity index (χ3n) is 2.49. The number of hydrogen-bond acceptors (Lipinski definition) is 0. The van der Waals surface area contributed by atoms with E-state index in [0.29, 0.717) is 0 Å². The predicted molar refractivity (Wildman–Crippen MR) is 61.2 cm³/mol. The zero-order chi connectivity index (χ0) is 9.10. The molecule has 0 amide bonds. The van der Waals surface area contributed by atoms with Gasteiger partial charge in [-0.1, -0.05) is 46.3 Å². The second-order valence-electron chi connectivity index (χ2n) is 3.41. The molecular formula is C12H13Br. The molecule has 0 atom stereocenters. The summed E-state index contributed by atoms with van der Waals surface area (Å²) in [6, 6.07) is 8.88. The van der Waals surface area contributed by atoms with Crippen molar-refractivity contribution in [2.45, 2.75) is 19.3 Å². The van der Waals surface area contributed by atoms with E-state index >= 15 is 0 Å². The Morgan fingerprint density at radius 1 is 1.31 bits per heavy atom. The lowest BCUT2D eigenvalue weighted by Crippen LogP contribution is -1.94. The minimum Gasteiger partial charge on any atom is -0.0924 e. The normalized spacial score (nSPS) is 15.0. The molecule has 0 heterocycles. The van der Waals surface area contributed by atoms with Crippen molar-refractivity contribution in [2.24, 2.45) is 0 Å². The molecule has 2 rings (SSSR count). The summed E-state index contributed by atoms with van der Waals surface area (Å²) in [4.78, 5) is 0. The Labute approximate surface area is 87.8 Å². The van der Waals surface area contributed by atoms with Crippen LogP contribution in [0.25, 0.3) is 5.57 Å². The number of allylic oxidation sites excluding steroid dienone is 2. The lowest BCUT2D eigenvalue weighted by Gasteiger charge is -2.15. The third-order valence-corrected chi connectivity index (χ3v) is 2.88. The highest BCUT2D eigenvalue weighted by Crippen LogP contribution is 2.29. The monoisotopic (exact) mass is 236 g/mol. The fraction of sp³-hybridized carbons (Fsp3) is 0.333. The van der Waals surface area contributed by atoms with E-state index in [9.17, 15) is 0 Å². The van der Waals surface area contributed by atoms with E-state index in [1.807, 2.05) is 0 Å². The van der Waals surface area contributed by atoms with Crippen molar-refractivity contribution < 1.29 is 0 Å². The Balaban J connectivity index is 2.21. The average Bonchev–Trinajstić information content (AvgIpc) is 2.02. The van der Waals surface area contributed by atoms with Gasteiger partial charge in [-0.25, -0.2) is 0 Å². The van der Waals surface area contributed by atoms with Gasteiger partial charge in [-0.3, -0.25) is 0 Å². The van der Waals surface area contributed by atoms with Crippen molar-refractivity contribution in [1.29, 1.82) is 0 Å². The summed E-state index contributed by atoms with van der Waals surface area (Å²) < 4.78 is 0. The minimum absolute atomic E-state index is 1.05.